The Kier molecular flexibility index (Phi) is 10.1. The lowest BCUT2D eigenvalue weighted by atomic mass is 10.2. The van der Waals surface area contributed by atoms with Crippen LogP contribution >= 0.6 is 0 Å². The summed E-state index contributed by atoms with van der Waals surface area (Å²) < 4.78 is 6.60. The van der Waals surface area contributed by atoms with E-state index in [1.807, 2.05) is 0 Å². The quantitative estimate of drug-likeness (QED) is 0.329. The first kappa shape index (κ1) is 19.2. The van der Waals surface area contributed by atoms with E-state index in [4.69, 9.17) is 4.43 Å². The van der Waals surface area contributed by atoms with Crippen molar-refractivity contribution in [2.45, 2.75) is 85.9 Å². The molecule has 0 aliphatic heterocycles. The van der Waals surface area contributed by atoms with E-state index in [0.29, 0.717) is 0 Å². The molecular weight excluding hydrogens is 248 g/mol. The fraction of sp³-hybridized carbons (Fsp3) is 1.00. The molecule has 2 heteroatoms. The van der Waals surface area contributed by atoms with Crippen molar-refractivity contribution in [3.05, 3.63) is 0 Å². The van der Waals surface area contributed by atoms with Crippen LogP contribution in [-0.2, 0) is 4.43 Å². The predicted molar refractivity (Wildman–Crippen MR) is 90.2 cm³/mol. The second-order valence-corrected chi connectivity index (χ2v) is 11.4. The third-order valence-electron chi connectivity index (χ3n) is 3.50. The van der Waals surface area contributed by atoms with Crippen molar-refractivity contribution in [3.63, 3.8) is 0 Å². The Bertz CT molecular complexity index is 185. The highest BCUT2D eigenvalue weighted by Crippen LogP contribution is 2.33. The molecule has 0 amide bonds. The SMILES string of the molecule is CCCCCO[Si](CC(C)C)(CC(C)C)CC(C)C. The second-order valence-electron chi connectivity index (χ2n) is 7.53. The molecule has 0 aliphatic carbocycles. The van der Waals surface area contributed by atoms with Crippen molar-refractivity contribution in [2.24, 2.45) is 17.8 Å². The molecule has 0 rings (SSSR count). The summed E-state index contributed by atoms with van der Waals surface area (Å²) >= 11 is 0. The van der Waals surface area contributed by atoms with E-state index in [-0.39, 0.29) is 0 Å². The fourth-order valence-electron chi connectivity index (χ4n) is 3.30. The molecule has 0 aromatic heterocycles. The number of hydrogen-bond acceptors (Lipinski definition) is 1. The molecule has 1 nitrogen and oxygen atoms in total. The van der Waals surface area contributed by atoms with Gasteiger partial charge in [-0.05, 0) is 42.3 Å². The van der Waals surface area contributed by atoms with Crippen molar-refractivity contribution in [1.82, 2.24) is 0 Å². The zero-order valence-corrected chi connectivity index (χ0v) is 15.6. The minimum atomic E-state index is -1.53. The predicted octanol–water partition coefficient (Wildman–Crippen LogP) is 6.11. The lowest BCUT2D eigenvalue weighted by Gasteiger charge is -2.36. The Morgan fingerprint density at radius 1 is 0.737 bits per heavy atom. The molecule has 0 radical (unpaired) electrons. The van der Waals surface area contributed by atoms with Crippen molar-refractivity contribution in [3.8, 4) is 0 Å². The molecule has 0 aliphatic rings. The third-order valence-corrected chi connectivity index (χ3v) is 8.99. The molecule has 0 saturated heterocycles. The Labute approximate surface area is 123 Å². The van der Waals surface area contributed by atoms with Gasteiger partial charge in [0.05, 0.1) is 0 Å². The summed E-state index contributed by atoms with van der Waals surface area (Å²) in [6, 6.07) is 4.03. The highest BCUT2D eigenvalue weighted by Gasteiger charge is 2.36. The summed E-state index contributed by atoms with van der Waals surface area (Å²) in [5, 5.41) is 0. The Balaban J connectivity index is 4.68. The van der Waals surface area contributed by atoms with Crippen LogP contribution in [0.15, 0.2) is 0 Å². The maximum atomic E-state index is 6.60. The molecule has 19 heavy (non-hydrogen) atoms. The average molecular weight is 287 g/mol. The van der Waals surface area contributed by atoms with Crippen LogP contribution in [0, 0.1) is 17.8 Å². The maximum absolute atomic E-state index is 6.60. The van der Waals surface area contributed by atoms with E-state index in [2.05, 4.69) is 48.5 Å². The monoisotopic (exact) mass is 286 g/mol. The van der Waals surface area contributed by atoms with Crippen molar-refractivity contribution >= 4 is 8.32 Å². The topological polar surface area (TPSA) is 9.23 Å². The number of hydrogen-bond donors (Lipinski definition) is 0. The lowest BCUT2D eigenvalue weighted by Crippen LogP contribution is -2.42. The molecule has 0 bridgehead atoms. The molecule has 0 aromatic carbocycles. The first-order valence-electron chi connectivity index (χ1n) is 8.45. The summed E-state index contributed by atoms with van der Waals surface area (Å²) in [5.74, 6) is 2.32. The maximum Gasteiger partial charge on any atom is 0.193 e. The Morgan fingerprint density at radius 2 is 1.16 bits per heavy atom. The van der Waals surface area contributed by atoms with E-state index in [0.717, 1.165) is 24.4 Å². The van der Waals surface area contributed by atoms with Crippen LogP contribution in [0.5, 0.6) is 0 Å². The van der Waals surface area contributed by atoms with Crippen molar-refractivity contribution in [2.75, 3.05) is 6.61 Å². The van der Waals surface area contributed by atoms with Crippen LogP contribution in [0.1, 0.15) is 67.7 Å². The van der Waals surface area contributed by atoms with Crippen LogP contribution in [0.4, 0.5) is 0 Å². The summed E-state index contributed by atoms with van der Waals surface area (Å²) in [5.41, 5.74) is 0. The molecule has 0 N–H and O–H groups in total. The van der Waals surface area contributed by atoms with Crippen molar-refractivity contribution in [1.29, 1.82) is 0 Å². The summed E-state index contributed by atoms with van der Waals surface area (Å²) in [6.07, 6.45) is 3.85. The second kappa shape index (κ2) is 9.98. The molecule has 0 fully saturated rings. The van der Waals surface area contributed by atoms with Gasteiger partial charge in [0.25, 0.3) is 0 Å². The van der Waals surface area contributed by atoms with Gasteiger partial charge in [0.2, 0.25) is 0 Å². The van der Waals surface area contributed by atoms with Gasteiger partial charge in [-0.25, -0.2) is 0 Å². The van der Waals surface area contributed by atoms with Crippen LogP contribution < -0.4 is 0 Å². The lowest BCUT2D eigenvalue weighted by molar-refractivity contribution is 0.275. The molecular formula is C17H38OSi. The van der Waals surface area contributed by atoms with Crippen LogP contribution in [0.25, 0.3) is 0 Å². The van der Waals surface area contributed by atoms with E-state index in [9.17, 15) is 0 Å². The molecule has 0 aromatic rings. The van der Waals surface area contributed by atoms with Gasteiger partial charge in [0.15, 0.2) is 8.32 Å². The van der Waals surface area contributed by atoms with Gasteiger partial charge >= 0.3 is 0 Å². The van der Waals surface area contributed by atoms with E-state index >= 15 is 0 Å². The molecule has 116 valence electrons. The van der Waals surface area contributed by atoms with Gasteiger partial charge < -0.3 is 4.43 Å². The van der Waals surface area contributed by atoms with Gasteiger partial charge in [-0.2, -0.15) is 0 Å². The van der Waals surface area contributed by atoms with Crippen LogP contribution in [0.3, 0.4) is 0 Å². The summed E-state index contributed by atoms with van der Waals surface area (Å²) in [7, 11) is -1.53. The number of unbranched alkanes of at least 4 members (excludes halogenated alkanes) is 2. The molecule has 0 heterocycles. The van der Waals surface area contributed by atoms with Gasteiger partial charge in [0, 0.05) is 6.61 Å². The highest BCUT2D eigenvalue weighted by molar-refractivity contribution is 6.74. The summed E-state index contributed by atoms with van der Waals surface area (Å²) in [4.78, 5) is 0. The zero-order valence-electron chi connectivity index (χ0n) is 14.6. The first-order valence-corrected chi connectivity index (χ1v) is 11.0. The van der Waals surface area contributed by atoms with Gasteiger partial charge in [-0.15, -0.1) is 0 Å². The average Bonchev–Trinajstić information content (AvgIpc) is 2.21. The van der Waals surface area contributed by atoms with E-state index in [1.54, 1.807) is 0 Å². The highest BCUT2D eigenvalue weighted by atomic mass is 28.4. The minimum absolute atomic E-state index is 0.773. The Hall–Kier alpha value is 0.177. The third kappa shape index (κ3) is 9.67. The van der Waals surface area contributed by atoms with Crippen molar-refractivity contribution < 1.29 is 4.43 Å². The standard InChI is InChI=1S/C17H38OSi/c1-8-9-10-11-18-19(12-15(2)3,13-16(4)5)14-17(6)7/h15-17H,8-14H2,1-7H3. The normalized spacial score (nSPS) is 12.9. The molecule has 0 atom stereocenters. The number of rotatable bonds is 11. The Morgan fingerprint density at radius 3 is 1.47 bits per heavy atom. The molecule has 0 spiro atoms. The van der Waals surface area contributed by atoms with Gasteiger partial charge in [-0.1, -0.05) is 61.3 Å². The van der Waals surface area contributed by atoms with Gasteiger partial charge in [-0.3, -0.25) is 0 Å². The van der Waals surface area contributed by atoms with E-state index < -0.39 is 8.32 Å². The van der Waals surface area contributed by atoms with Crippen LogP contribution in [0.2, 0.25) is 18.1 Å². The molecule has 0 saturated carbocycles. The minimum Gasteiger partial charge on any atom is -0.417 e. The molecule has 0 unspecified atom stereocenters. The van der Waals surface area contributed by atoms with Crippen LogP contribution in [-0.4, -0.2) is 14.9 Å². The van der Waals surface area contributed by atoms with Gasteiger partial charge in [0.1, 0.15) is 0 Å². The smallest absolute Gasteiger partial charge is 0.193 e. The summed E-state index contributed by atoms with van der Waals surface area (Å²) in [6.45, 7) is 17.4. The largest absolute Gasteiger partial charge is 0.417 e. The first-order chi connectivity index (χ1) is 8.81. The fourth-order valence-corrected chi connectivity index (χ4v) is 9.19. The zero-order chi connectivity index (χ0) is 14.9. The van der Waals surface area contributed by atoms with E-state index in [1.165, 1.54) is 37.4 Å².